The Morgan fingerprint density at radius 3 is 2.60 bits per heavy atom. The highest BCUT2D eigenvalue weighted by Gasteiger charge is 2.44. The molecule has 1 fully saturated rings. The molecule has 0 spiro atoms. The summed E-state index contributed by atoms with van der Waals surface area (Å²) in [7, 11) is 0. The first-order chi connectivity index (χ1) is 4.58. The predicted octanol–water partition coefficient (Wildman–Crippen LogP) is -0.279. The van der Waals surface area contributed by atoms with Gasteiger partial charge in [-0.25, -0.2) is 10.2 Å². The number of nitrogens with two attached hydrogens (primary N) is 1. The number of ether oxygens (including phenoxy) is 2. The van der Waals surface area contributed by atoms with Gasteiger partial charge in [-0.3, -0.25) is 5.84 Å². The molecule has 0 aromatic rings. The number of hydrazine groups is 1. The zero-order chi connectivity index (χ0) is 7.78. The predicted molar refractivity (Wildman–Crippen MR) is 32.8 cm³/mol. The molecule has 2 atom stereocenters. The molecule has 0 bridgehead atoms. The highest BCUT2D eigenvalue weighted by atomic mass is 16.8. The zero-order valence-electron chi connectivity index (χ0n) is 5.88. The molecule has 1 saturated heterocycles. The number of hydrogen-bond acceptors (Lipinski definition) is 5. The van der Waals surface area contributed by atoms with E-state index in [0.717, 1.165) is 0 Å². The smallest absolute Gasteiger partial charge is 0.425 e. The Bertz CT molecular complexity index is 161. The second-order valence-electron chi connectivity index (χ2n) is 2.36. The largest absolute Gasteiger partial charge is 0.510 e. The molecular weight excluding hydrogens is 136 g/mol. The van der Waals surface area contributed by atoms with Gasteiger partial charge in [-0.05, 0) is 13.8 Å². The van der Waals surface area contributed by atoms with Crippen molar-refractivity contribution in [2.45, 2.75) is 25.7 Å². The lowest BCUT2D eigenvalue weighted by molar-refractivity contribution is 0.0200. The van der Waals surface area contributed by atoms with Crippen molar-refractivity contribution >= 4 is 6.16 Å². The molecule has 0 aliphatic carbocycles. The van der Waals surface area contributed by atoms with E-state index in [1.807, 2.05) is 0 Å². The van der Waals surface area contributed by atoms with Crippen molar-refractivity contribution in [2.75, 3.05) is 0 Å². The van der Waals surface area contributed by atoms with Crippen LogP contribution in [0.3, 0.4) is 0 Å². The summed E-state index contributed by atoms with van der Waals surface area (Å²) in [4.78, 5) is 10.5. The van der Waals surface area contributed by atoms with Crippen LogP contribution >= 0.6 is 0 Å². The second-order valence-corrected chi connectivity index (χ2v) is 2.36. The average Bonchev–Trinajstić information content (AvgIpc) is 2.09. The molecule has 1 rings (SSSR count). The maximum absolute atomic E-state index is 10.5. The molecule has 5 nitrogen and oxygen atoms in total. The molecule has 1 aliphatic heterocycles. The van der Waals surface area contributed by atoms with E-state index in [2.05, 4.69) is 10.2 Å². The SMILES string of the molecule is CC1OC(=O)O[C@]1(C)NN. The van der Waals surface area contributed by atoms with Gasteiger partial charge in [0.15, 0.2) is 6.10 Å². The van der Waals surface area contributed by atoms with Gasteiger partial charge in [-0.1, -0.05) is 0 Å². The molecule has 5 heteroatoms. The van der Waals surface area contributed by atoms with Crippen molar-refractivity contribution in [1.29, 1.82) is 0 Å². The summed E-state index contributed by atoms with van der Waals surface area (Å²) in [5, 5.41) is 0. The molecule has 1 heterocycles. The molecule has 0 aromatic carbocycles. The fourth-order valence-corrected chi connectivity index (χ4v) is 0.684. The van der Waals surface area contributed by atoms with Crippen LogP contribution in [-0.4, -0.2) is 18.0 Å². The summed E-state index contributed by atoms with van der Waals surface area (Å²) < 4.78 is 9.38. The molecule has 10 heavy (non-hydrogen) atoms. The van der Waals surface area contributed by atoms with Crippen LogP contribution in [0.5, 0.6) is 0 Å². The zero-order valence-corrected chi connectivity index (χ0v) is 5.88. The van der Waals surface area contributed by atoms with E-state index in [0.29, 0.717) is 0 Å². The summed E-state index contributed by atoms with van der Waals surface area (Å²) in [6, 6.07) is 0. The molecule has 0 radical (unpaired) electrons. The Morgan fingerprint density at radius 1 is 1.80 bits per heavy atom. The van der Waals surface area contributed by atoms with Crippen LogP contribution in [0.2, 0.25) is 0 Å². The van der Waals surface area contributed by atoms with E-state index >= 15 is 0 Å². The number of hydrogen-bond donors (Lipinski definition) is 2. The normalized spacial score (nSPS) is 39.1. The Kier molecular flexibility index (Phi) is 1.53. The van der Waals surface area contributed by atoms with Crippen molar-refractivity contribution in [2.24, 2.45) is 5.84 Å². The van der Waals surface area contributed by atoms with E-state index < -0.39 is 11.9 Å². The topological polar surface area (TPSA) is 73.6 Å². The van der Waals surface area contributed by atoms with Gasteiger partial charge in [-0.2, -0.15) is 0 Å². The Morgan fingerprint density at radius 2 is 2.40 bits per heavy atom. The molecule has 0 amide bonds. The fourth-order valence-electron chi connectivity index (χ4n) is 0.684. The Hall–Kier alpha value is -0.810. The third kappa shape index (κ3) is 0.932. The van der Waals surface area contributed by atoms with Gasteiger partial charge in [0.05, 0.1) is 0 Å². The van der Waals surface area contributed by atoms with Crippen LogP contribution in [0, 0.1) is 0 Å². The van der Waals surface area contributed by atoms with E-state index in [4.69, 9.17) is 10.6 Å². The Balaban J connectivity index is 2.70. The summed E-state index contributed by atoms with van der Waals surface area (Å²) in [5.41, 5.74) is 1.47. The maximum Gasteiger partial charge on any atom is 0.510 e. The van der Waals surface area contributed by atoms with Crippen molar-refractivity contribution in [3.63, 3.8) is 0 Å². The molecule has 0 saturated carbocycles. The first-order valence-electron chi connectivity index (χ1n) is 2.96. The molecule has 1 unspecified atom stereocenters. The number of rotatable bonds is 1. The van der Waals surface area contributed by atoms with Crippen molar-refractivity contribution in [3.05, 3.63) is 0 Å². The second kappa shape index (κ2) is 2.10. The van der Waals surface area contributed by atoms with Gasteiger partial charge in [0.2, 0.25) is 5.72 Å². The molecule has 0 aromatic heterocycles. The minimum Gasteiger partial charge on any atom is -0.425 e. The van der Waals surface area contributed by atoms with Gasteiger partial charge in [0.1, 0.15) is 0 Å². The lowest BCUT2D eigenvalue weighted by Crippen LogP contribution is -2.52. The number of carbonyl (C=O) groups excluding carboxylic acids is 1. The summed E-state index contributed by atoms with van der Waals surface area (Å²) in [6.07, 6.45) is -1.04. The van der Waals surface area contributed by atoms with Gasteiger partial charge in [0, 0.05) is 0 Å². The van der Waals surface area contributed by atoms with Crippen LogP contribution in [0.1, 0.15) is 13.8 Å². The highest BCUT2D eigenvalue weighted by molar-refractivity contribution is 5.63. The van der Waals surface area contributed by atoms with Crippen molar-refractivity contribution in [1.82, 2.24) is 5.43 Å². The molecule has 3 N–H and O–H groups in total. The van der Waals surface area contributed by atoms with E-state index in [-0.39, 0.29) is 6.10 Å². The van der Waals surface area contributed by atoms with Crippen LogP contribution in [0.4, 0.5) is 4.79 Å². The van der Waals surface area contributed by atoms with Crippen LogP contribution < -0.4 is 11.3 Å². The highest BCUT2D eigenvalue weighted by Crippen LogP contribution is 2.22. The minimum atomic E-state index is -0.878. The van der Waals surface area contributed by atoms with Gasteiger partial charge < -0.3 is 9.47 Å². The lowest BCUT2D eigenvalue weighted by Gasteiger charge is -2.22. The fraction of sp³-hybridized carbons (Fsp3) is 0.800. The summed E-state index contributed by atoms with van der Waals surface area (Å²) >= 11 is 0. The van der Waals surface area contributed by atoms with Gasteiger partial charge >= 0.3 is 6.16 Å². The monoisotopic (exact) mass is 146 g/mol. The quantitative estimate of drug-likeness (QED) is 0.302. The summed E-state index contributed by atoms with van der Waals surface area (Å²) in [6.45, 7) is 3.34. The average molecular weight is 146 g/mol. The first kappa shape index (κ1) is 7.30. The van der Waals surface area contributed by atoms with Gasteiger partial charge in [0.25, 0.3) is 0 Å². The molecular formula is C5H10N2O3. The van der Waals surface area contributed by atoms with E-state index in [1.165, 1.54) is 0 Å². The first-order valence-corrected chi connectivity index (χ1v) is 2.96. The van der Waals surface area contributed by atoms with Crippen molar-refractivity contribution in [3.8, 4) is 0 Å². The molecule has 58 valence electrons. The van der Waals surface area contributed by atoms with Crippen LogP contribution in [0.15, 0.2) is 0 Å². The van der Waals surface area contributed by atoms with E-state index in [1.54, 1.807) is 13.8 Å². The van der Waals surface area contributed by atoms with Gasteiger partial charge in [-0.15, -0.1) is 0 Å². The third-order valence-electron chi connectivity index (χ3n) is 1.63. The maximum atomic E-state index is 10.5. The minimum absolute atomic E-state index is 0.356. The lowest BCUT2D eigenvalue weighted by atomic mass is 10.2. The Labute approximate surface area is 58.4 Å². The summed E-state index contributed by atoms with van der Waals surface area (Å²) in [5.74, 6) is 5.11. The van der Waals surface area contributed by atoms with E-state index in [9.17, 15) is 4.79 Å². The standard InChI is InChI=1S/C5H10N2O3/c1-3-5(2,7-6)10-4(8)9-3/h3,7H,6H2,1-2H3/t3?,5-/m0/s1. The van der Waals surface area contributed by atoms with Crippen LogP contribution in [0.25, 0.3) is 0 Å². The van der Waals surface area contributed by atoms with Crippen molar-refractivity contribution < 1.29 is 14.3 Å². The number of nitrogens with one attached hydrogen (secondary N) is 1. The number of carbonyl (C=O) groups is 1. The third-order valence-corrected chi connectivity index (χ3v) is 1.63. The van der Waals surface area contributed by atoms with Crippen LogP contribution in [-0.2, 0) is 9.47 Å². The molecule has 1 aliphatic rings. The number of cyclic esters (lactones) is 2.